The third-order valence-electron chi connectivity index (χ3n) is 6.59. The molecule has 0 spiro atoms. The molecule has 0 saturated heterocycles. The fourth-order valence-electron chi connectivity index (χ4n) is 4.76. The van der Waals surface area contributed by atoms with Gasteiger partial charge in [-0.2, -0.15) is 0 Å². The Bertz CT molecular complexity index is 1060. The molecule has 2 aliphatic heterocycles. The van der Waals surface area contributed by atoms with Gasteiger partial charge in [0.1, 0.15) is 6.61 Å². The second-order valence-electron chi connectivity index (χ2n) is 8.80. The van der Waals surface area contributed by atoms with Crippen LogP contribution < -0.4 is 0 Å². The minimum absolute atomic E-state index is 0.0805. The van der Waals surface area contributed by atoms with Gasteiger partial charge in [0, 0.05) is 23.8 Å². The third kappa shape index (κ3) is 5.10. The summed E-state index contributed by atoms with van der Waals surface area (Å²) in [7, 11) is 1.91. The van der Waals surface area contributed by atoms with Crippen LogP contribution in [0.1, 0.15) is 57.1 Å². The van der Waals surface area contributed by atoms with E-state index in [0.717, 1.165) is 29.3 Å². The average Bonchev–Trinajstić information content (AvgIpc) is 3.24. The highest BCUT2D eigenvalue weighted by molar-refractivity contribution is 8.16. The Kier molecular flexibility index (Phi) is 7.84. The van der Waals surface area contributed by atoms with E-state index in [0.29, 0.717) is 22.3 Å². The minimum atomic E-state index is -0.462. The van der Waals surface area contributed by atoms with E-state index >= 15 is 0 Å². The van der Waals surface area contributed by atoms with Crippen LogP contribution in [-0.2, 0) is 14.3 Å². The molecule has 34 heavy (non-hydrogen) atoms. The Morgan fingerprint density at radius 2 is 1.97 bits per heavy atom. The molecule has 1 aromatic carbocycles. The summed E-state index contributed by atoms with van der Waals surface area (Å²) in [5.74, 6) is -0.362. The summed E-state index contributed by atoms with van der Waals surface area (Å²) in [4.78, 5) is 35.0. The van der Waals surface area contributed by atoms with Gasteiger partial charge >= 0.3 is 5.97 Å². The van der Waals surface area contributed by atoms with Gasteiger partial charge < -0.3 is 14.5 Å². The number of carbonyl (C=O) groups excluding carboxylic acids is 2. The molecular formula is C26H30ClN3O3S. The van der Waals surface area contributed by atoms with Gasteiger partial charge in [0.2, 0.25) is 5.91 Å². The van der Waals surface area contributed by atoms with E-state index in [9.17, 15) is 9.59 Å². The molecule has 1 atom stereocenters. The summed E-state index contributed by atoms with van der Waals surface area (Å²) in [6, 6.07) is 7.25. The van der Waals surface area contributed by atoms with Crippen molar-refractivity contribution in [1.29, 1.82) is 0 Å². The molecule has 4 rings (SSSR count). The van der Waals surface area contributed by atoms with Crippen LogP contribution in [0.15, 0.2) is 64.3 Å². The Labute approximate surface area is 210 Å². The van der Waals surface area contributed by atoms with Crippen molar-refractivity contribution in [3.8, 4) is 0 Å². The number of rotatable bonds is 7. The first-order valence-corrected chi connectivity index (χ1v) is 12.9. The smallest absolute Gasteiger partial charge is 0.338 e. The maximum Gasteiger partial charge on any atom is 0.338 e. The molecule has 0 aromatic heterocycles. The average molecular weight is 500 g/mol. The van der Waals surface area contributed by atoms with Crippen molar-refractivity contribution in [2.75, 3.05) is 13.7 Å². The van der Waals surface area contributed by atoms with Crippen molar-refractivity contribution in [2.45, 2.75) is 57.5 Å². The molecule has 8 heteroatoms. The van der Waals surface area contributed by atoms with E-state index in [4.69, 9.17) is 21.3 Å². The van der Waals surface area contributed by atoms with Crippen LogP contribution in [0, 0.1) is 0 Å². The van der Waals surface area contributed by atoms with E-state index in [1.165, 1.54) is 31.0 Å². The van der Waals surface area contributed by atoms with Crippen molar-refractivity contribution < 1.29 is 14.3 Å². The number of halogens is 1. The number of aliphatic imine (C=N–C) groups is 1. The Hall–Kier alpha value is -2.51. The lowest BCUT2D eigenvalue weighted by molar-refractivity contribution is -0.138. The molecule has 1 aliphatic carbocycles. The first kappa shape index (κ1) is 24.6. The topological polar surface area (TPSA) is 62.2 Å². The van der Waals surface area contributed by atoms with Crippen LogP contribution in [0.4, 0.5) is 0 Å². The van der Waals surface area contributed by atoms with E-state index < -0.39 is 12.0 Å². The molecule has 3 aliphatic rings. The van der Waals surface area contributed by atoms with Crippen molar-refractivity contribution in [1.82, 2.24) is 9.80 Å². The van der Waals surface area contributed by atoms with Crippen molar-refractivity contribution >= 4 is 40.4 Å². The van der Waals surface area contributed by atoms with Crippen molar-refractivity contribution in [2.24, 2.45) is 4.99 Å². The molecule has 0 bridgehead atoms. The number of amides is 1. The van der Waals surface area contributed by atoms with Gasteiger partial charge in [-0.05, 0) is 42.9 Å². The zero-order valence-electron chi connectivity index (χ0n) is 19.6. The summed E-state index contributed by atoms with van der Waals surface area (Å²) in [6.07, 6.45) is 7.48. The van der Waals surface area contributed by atoms with Gasteiger partial charge in [0.25, 0.3) is 0 Å². The molecule has 6 nitrogen and oxygen atoms in total. The number of nitrogens with zero attached hydrogens (tertiary/aromatic N) is 3. The maximum absolute atomic E-state index is 13.3. The number of benzene rings is 1. The van der Waals surface area contributed by atoms with Crippen LogP contribution in [0.5, 0.6) is 0 Å². The summed E-state index contributed by atoms with van der Waals surface area (Å²) >= 11 is 7.62. The fourth-order valence-corrected chi connectivity index (χ4v) is 5.85. The number of allylic oxidation sites excluding steroid dienone is 1. The third-order valence-corrected chi connectivity index (χ3v) is 7.73. The Morgan fingerprint density at radius 3 is 2.65 bits per heavy atom. The summed E-state index contributed by atoms with van der Waals surface area (Å²) in [5, 5.41) is 3.33. The first-order valence-electron chi connectivity index (χ1n) is 11.6. The summed E-state index contributed by atoms with van der Waals surface area (Å²) in [6.45, 7) is 5.57. The lowest BCUT2D eigenvalue weighted by Gasteiger charge is -2.37. The predicted octanol–water partition coefficient (Wildman–Crippen LogP) is 5.83. The quantitative estimate of drug-likeness (QED) is 0.349. The number of hydrogen-bond acceptors (Lipinski definition) is 6. The highest BCUT2D eigenvalue weighted by Crippen LogP contribution is 2.45. The van der Waals surface area contributed by atoms with Crippen molar-refractivity contribution in [3.63, 3.8) is 0 Å². The lowest BCUT2D eigenvalue weighted by Crippen LogP contribution is -2.41. The van der Waals surface area contributed by atoms with Gasteiger partial charge in [-0.3, -0.25) is 4.79 Å². The molecule has 1 saturated carbocycles. The molecule has 0 N–H and O–H groups in total. The van der Waals surface area contributed by atoms with Crippen LogP contribution >= 0.6 is 23.4 Å². The van der Waals surface area contributed by atoms with Gasteiger partial charge in [-0.25, -0.2) is 9.79 Å². The van der Waals surface area contributed by atoms with Crippen LogP contribution in [-0.4, -0.2) is 46.5 Å². The Balaban J connectivity index is 1.64. The van der Waals surface area contributed by atoms with Gasteiger partial charge in [0.05, 0.1) is 23.7 Å². The molecular weight excluding hydrogens is 470 g/mol. The monoisotopic (exact) mass is 499 g/mol. The first-order chi connectivity index (χ1) is 16.4. The molecule has 1 amide bonds. The molecule has 0 radical (unpaired) electrons. The summed E-state index contributed by atoms with van der Waals surface area (Å²) < 4.78 is 5.42. The number of fused-ring (bicyclic) bond motifs is 1. The van der Waals surface area contributed by atoms with Gasteiger partial charge in [-0.1, -0.05) is 67.4 Å². The molecule has 2 heterocycles. The highest BCUT2D eigenvalue weighted by Gasteiger charge is 2.41. The van der Waals surface area contributed by atoms with E-state index in [2.05, 4.69) is 6.58 Å². The Morgan fingerprint density at radius 1 is 1.26 bits per heavy atom. The zero-order valence-corrected chi connectivity index (χ0v) is 21.2. The number of hydrogen-bond donors (Lipinski definition) is 0. The van der Waals surface area contributed by atoms with Crippen molar-refractivity contribution in [3.05, 3.63) is 69.9 Å². The number of esters is 1. The largest absolute Gasteiger partial charge is 0.458 e. The van der Waals surface area contributed by atoms with E-state index in [-0.39, 0.29) is 18.9 Å². The van der Waals surface area contributed by atoms with Crippen LogP contribution in [0.2, 0.25) is 5.02 Å². The SMILES string of the molecule is C=CCOC(=O)C1=C(C)N=C2SC=C(CC(=O)N(C)C3CCCCC3)N2C1c1ccc(Cl)cc1. The molecule has 1 aromatic rings. The molecule has 180 valence electrons. The van der Waals surface area contributed by atoms with Crippen LogP contribution in [0.25, 0.3) is 0 Å². The highest BCUT2D eigenvalue weighted by atomic mass is 35.5. The van der Waals surface area contributed by atoms with E-state index in [1.807, 2.05) is 41.3 Å². The second kappa shape index (κ2) is 10.8. The summed E-state index contributed by atoms with van der Waals surface area (Å²) in [5.41, 5.74) is 2.77. The standard InChI is InChI=1S/C26H30ClN3O3S/c1-4-14-33-25(32)23-17(2)28-26-30(24(23)18-10-12-19(27)13-11-18)21(16-34-26)15-22(31)29(3)20-8-6-5-7-9-20/h4,10-13,16,20,24H,1,5-9,14-15H2,2-3H3. The van der Waals surface area contributed by atoms with Crippen LogP contribution in [0.3, 0.4) is 0 Å². The van der Waals surface area contributed by atoms with Gasteiger partial charge in [-0.15, -0.1) is 0 Å². The minimum Gasteiger partial charge on any atom is -0.458 e. The molecule has 1 fully saturated rings. The normalized spacial score (nSPS) is 20.4. The fraction of sp³-hybridized carbons (Fsp3) is 0.423. The second-order valence-corrected chi connectivity index (χ2v) is 10.1. The number of ether oxygens (including phenoxy) is 1. The predicted molar refractivity (Wildman–Crippen MR) is 137 cm³/mol. The number of carbonyl (C=O) groups is 2. The number of thioether (sulfide) groups is 1. The lowest BCUT2D eigenvalue weighted by atomic mass is 9.93. The maximum atomic E-state index is 13.3. The number of amidine groups is 1. The van der Waals surface area contributed by atoms with Gasteiger partial charge in [0.15, 0.2) is 5.17 Å². The van der Waals surface area contributed by atoms with E-state index in [1.54, 1.807) is 18.2 Å². The zero-order chi connectivity index (χ0) is 24.2. The molecule has 1 unspecified atom stereocenters.